The van der Waals surface area contributed by atoms with Crippen molar-refractivity contribution in [2.75, 3.05) is 32.9 Å². The van der Waals surface area contributed by atoms with Crippen LogP contribution in [-0.2, 0) is 0 Å². The third-order valence-electron chi connectivity index (χ3n) is 4.34. The molecule has 0 aliphatic carbocycles. The molecule has 184 valence electrons. The van der Waals surface area contributed by atoms with Crippen LogP contribution in [0.4, 0.5) is 5.95 Å². The lowest BCUT2D eigenvalue weighted by molar-refractivity contribution is 0.329. The molecule has 3 rings (SSSR count). The van der Waals surface area contributed by atoms with Crippen molar-refractivity contribution in [3.05, 3.63) is 50.7 Å². The quantitative estimate of drug-likeness (QED) is 0.196. The minimum Gasteiger partial charge on any atom is -0.493 e. The van der Waals surface area contributed by atoms with E-state index in [1.165, 1.54) is 25.2 Å². The lowest BCUT2D eigenvalue weighted by Gasteiger charge is -2.11. The van der Waals surface area contributed by atoms with Gasteiger partial charge in [-0.15, -0.1) is 23.0 Å². The Morgan fingerprint density at radius 3 is 2.03 bits per heavy atom. The third-order valence-corrected chi connectivity index (χ3v) is 5.52. The second kappa shape index (κ2) is 13.2. The van der Waals surface area contributed by atoms with E-state index < -0.39 is 0 Å². The molecule has 0 radical (unpaired) electrons. The second-order valence-electron chi connectivity index (χ2n) is 6.67. The van der Waals surface area contributed by atoms with Crippen molar-refractivity contribution < 1.29 is 18.9 Å². The fourth-order valence-corrected chi connectivity index (χ4v) is 3.97. The molecule has 0 aliphatic heterocycles. The molecule has 0 saturated carbocycles. The van der Waals surface area contributed by atoms with Gasteiger partial charge in [0.1, 0.15) is 19.5 Å². The molecule has 1 N–H and O–H groups in total. The zero-order chi connectivity index (χ0) is 25.9. The van der Waals surface area contributed by atoms with Gasteiger partial charge in [-0.25, -0.2) is 5.43 Å². The zero-order valence-corrected chi connectivity index (χ0v) is 22.4. The average molecular weight is 616 g/mol. The Labute approximate surface area is 224 Å². The Hall–Kier alpha value is -4.00. The lowest BCUT2D eigenvalue weighted by Crippen LogP contribution is -2.01. The van der Waals surface area contributed by atoms with E-state index in [1.807, 2.05) is 12.1 Å². The molecule has 0 aliphatic rings. The van der Waals surface area contributed by atoms with E-state index >= 15 is 0 Å². The fraction of sp³-hybridized carbons (Fsp3) is 0.167. The molecule has 1 heterocycles. The molecule has 12 heteroatoms. The maximum Gasteiger partial charge on any atom is 0.265 e. The van der Waals surface area contributed by atoms with Crippen LogP contribution in [0.15, 0.2) is 49.7 Å². The lowest BCUT2D eigenvalue weighted by atomic mass is 10.2. The van der Waals surface area contributed by atoms with Gasteiger partial charge in [-0.3, -0.25) is 0 Å². The largest absolute Gasteiger partial charge is 0.493 e. The fourth-order valence-electron chi connectivity index (χ4n) is 2.82. The molecule has 36 heavy (non-hydrogen) atoms. The van der Waals surface area contributed by atoms with Crippen molar-refractivity contribution in [3.63, 3.8) is 0 Å². The maximum atomic E-state index is 5.53. The molecular weight excluding hydrogens is 596 g/mol. The van der Waals surface area contributed by atoms with Gasteiger partial charge >= 0.3 is 0 Å². The summed E-state index contributed by atoms with van der Waals surface area (Å²) in [4.78, 5) is 0. The Kier molecular flexibility index (Phi) is 9.74. The van der Waals surface area contributed by atoms with Gasteiger partial charge in [-0.05, 0) is 67.3 Å². The molecule has 2 aromatic carbocycles. The number of aromatic nitrogens is 3. The van der Waals surface area contributed by atoms with Crippen LogP contribution in [0.1, 0.15) is 11.1 Å². The molecule has 0 unspecified atom stereocenters. The van der Waals surface area contributed by atoms with Gasteiger partial charge in [0.25, 0.3) is 5.95 Å². The van der Waals surface area contributed by atoms with E-state index in [4.69, 9.17) is 31.8 Å². The predicted octanol–water partition coefficient (Wildman–Crippen LogP) is 4.17. The topological polar surface area (TPSA) is 104 Å². The molecule has 0 amide bonds. The van der Waals surface area contributed by atoms with E-state index in [2.05, 4.69) is 69.5 Å². The molecular formula is C24H20Br2N6O4. The number of hydrazone groups is 1. The number of terminal acetylenes is 2. The molecule has 0 saturated heterocycles. The first-order chi connectivity index (χ1) is 17.5. The molecule has 0 fully saturated rings. The van der Waals surface area contributed by atoms with Gasteiger partial charge in [-0.2, -0.15) is 14.9 Å². The second-order valence-corrected chi connectivity index (χ2v) is 8.38. The number of hydrogen-bond acceptors (Lipinski definition) is 9. The van der Waals surface area contributed by atoms with Crippen molar-refractivity contribution in [2.24, 2.45) is 10.2 Å². The number of methoxy groups -OCH3 is 2. The van der Waals surface area contributed by atoms with Gasteiger partial charge in [0.2, 0.25) is 0 Å². The summed E-state index contributed by atoms with van der Waals surface area (Å²) in [6.07, 6.45) is 15.2. The number of rotatable bonds is 11. The van der Waals surface area contributed by atoms with Crippen LogP contribution in [0.3, 0.4) is 0 Å². The van der Waals surface area contributed by atoms with Gasteiger partial charge in [0.05, 0.1) is 35.6 Å². The van der Waals surface area contributed by atoms with Crippen LogP contribution in [-0.4, -0.2) is 54.7 Å². The summed E-state index contributed by atoms with van der Waals surface area (Å²) in [7, 11) is 3.08. The molecule has 0 atom stereocenters. The molecule has 10 nitrogen and oxygen atoms in total. The number of benzene rings is 2. The summed E-state index contributed by atoms with van der Waals surface area (Å²) >= 11 is 6.92. The summed E-state index contributed by atoms with van der Waals surface area (Å²) < 4.78 is 24.6. The van der Waals surface area contributed by atoms with Crippen molar-refractivity contribution in [1.29, 1.82) is 0 Å². The highest BCUT2D eigenvalue weighted by atomic mass is 79.9. The van der Waals surface area contributed by atoms with E-state index in [9.17, 15) is 0 Å². The van der Waals surface area contributed by atoms with Crippen molar-refractivity contribution in [3.8, 4) is 47.7 Å². The zero-order valence-electron chi connectivity index (χ0n) is 19.2. The number of anilines is 1. The summed E-state index contributed by atoms with van der Waals surface area (Å²) in [5.41, 5.74) is 4.28. The summed E-state index contributed by atoms with van der Waals surface area (Å²) in [6.45, 7) is 0.236. The summed E-state index contributed by atoms with van der Waals surface area (Å²) in [5.74, 6) is 7.16. The van der Waals surface area contributed by atoms with Gasteiger partial charge in [-0.1, -0.05) is 11.8 Å². The van der Waals surface area contributed by atoms with Crippen molar-refractivity contribution in [2.45, 2.75) is 0 Å². The Bertz CT molecular complexity index is 1360. The molecule has 0 spiro atoms. The number of nitrogens with one attached hydrogen (secondary N) is 1. The molecule has 0 bridgehead atoms. The van der Waals surface area contributed by atoms with Crippen LogP contribution >= 0.6 is 31.9 Å². The van der Waals surface area contributed by atoms with Crippen LogP contribution in [0.25, 0.3) is 0 Å². The summed E-state index contributed by atoms with van der Waals surface area (Å²) in [5, 5.41) is 16.4. The van der Waals surface area contributed by atoms with Crippen LogP contribution in [0.2, 0.25) is 0 Å². The standard InChI is InChI=1S/C24H20Br2N6O4/c1-5-7-35-22-18(25)9-16(11-20(22)33-3)13-27-30-24-31-28-15-32(24)29-14-17-10-19(26)23(36-8-6-2)21(12-17)34-4/h1-2,9-15H,7-8H2,3-4H3,(H,30,31)/b27-13?,29-14-. The van der Waals surface area contributed by atoms with Crippen LogP contribution in [0, 0.1) is 24.7 Å². The van der Waals surface area contributed by atoms with Crippen LogP contribution < -0.4 is 24.4 Å². The Morgan fingerprint density at radius 2 is 1.50 bits per heavy atom. The average Bonchev–Trinajstić information content (AvgIpc) is 3.32. The van der Waals surface area contributed by atoms with E-state index in [1.54, 1.807) is 24.6 Å². The first kappa shape index (κ1) is 26.6. The maximum absolute atomic E-state index is 5.53. The minimum absolute atomic E-state index is 0.117. The number of hydrogen-bond donors (Lipinski definition) is 1. The molecule has 3 aromatic rings. The number of nitrogens with zero attached hydrogens (tertiary/aromatic N) is 5. The molecule has 1 aromatic heterocycles. The minimum atomic E-state index is 0.117. The first-order valence-corrected chi connectivity index (χ1v) is 11.7. The van der Waals surface area contributed by atoms with Crippen molar-refractivity contribution in [1.82, 2.24) is 14.9 Å². The highest BCUT2D eigenvalue weighted by Gasteiger charge is 2.12. The van der Waals surface area contributed by atoms with E-state index in [0.717, 1.165) is 11.1 Å². The normalized spacial score (nSPS) is 10.7. The monoisotopic (exact) mass is 614 g/mol. The highest BCUT2D eigenvalue weighted by molar-refractivity contribution is 9.11. The first-order valence-electron chi connectivity index (χ1n) is 10.1. The van der Waals surface area contributed by atoms with Gasteiger partial charge in [0, 0.05) is 0 Å². The predicted molar refractivity (Wildman–Crippen MR) is 144 cm³/mol. The smallest absolute Gasteiger partial charge is 0.265 e. The van der Waals surface area contributed by atoms with Gasteiger partial charge in [0.15, 0.2) is 23.0 Å². The van der Waals surface area contributed by atoms with E-state index in [-0.39, 0.29) is 13.2 Å². The summed E-state index contributed by atoms with van der Waals surface area (Å²) in [6, 6.07) is 7.14. The highest BCUT2D eigenvalue weighted by Crippen LogP contribution is 2.37. The SMILES string of the molecule is C#CCOc1c(Br)cc(C=NNc2nncn2/N=C\c2cc(Br)c(OCC#C)c(OC)c2)cc1OC. The number of halogens is 2. The third kappa shape index (κ3) is 6.78. The Morgan fingerprint density at radius 1 is 0.944 bits per heavy atom. The van der Waals surface area contributed by atoms with E-state index in [0.29, 0.717) is 37.9 Å². The van der Waals surface area contributed by atoms with Crippen molar-refractivity contribution >= 4 is 50.2 Å². The Balaban J connectivity index is 1.74. The number of ether oxygens (including phenoxy) is 4. The van der Waals surface area contributed by atoms with Crippen LogP contribution in [0.5, 0.6) is 23.0 Å². The van der Waals surface area contributed by atoms with Gasteiger partial charge < -0.3 is 18.9 Å².